The van der Waals surface area contributed by atoms with Crippen LogP contribution in [0, 0.1) is 12.8 Å². The van der Waals surface area contributed by atoms with E-state index in [1.165, 1.54) is 23.5 Å². The predicted molar refractivity (Wildman–Crippen MR) is 121 cm³/mol. The molecule has 174 valence electrons. The summed E-state index contributed by atoms with van der Waals surface area (Å²) in [5.41, 5.74) is 1.98. The highest BCUT2D eigenvalue weighted by Gasteiger charge is 2.32. The van der Waals surface area contributed by atoms with Gasteiger partial charge in [-0.3, -0.25) is 4.79 Å². The van der Waals surface area contributed by atoms with E-state index >= 15 is 0 Å². The number of nitrogens with one attached hydrogen (secondary N) is 1. The number of aryl methyl sites for hydroxylation is 1. The lowest BCUT2D eigenvalue weighted by molar-refractivity contribution is -0.126. The SMILES string of the molecule is COc1ccc(S(=O)(=O)N2CCC(C(=O)NCc3nc(-c4ccc(C)cc4)no3)CC2)cc1. The molecule has 3 aromatic rings. The first kappa shape index (κ1) is 22.9. The second-order valence-corrected chi connectivity index (χ2v) is 9.89. The number of carbonyl (C=O) groups excluding carboxylic acids is 1. The van der Waals surface area contributed by atoms with E-state index in [-0.39, 0.29) is 36.4 Å². The van der Waals surface area contributed by atoms with Gasteiger partial charge in [-0.15, -0.1) is 0 Å². The molecule has 1 N–H and O–H groups in total. The van der Waals surface area contributed by atoms with Crippen molar-refractivity contribution in [2.24, 2.45) is 5.92 Å². The molecule has 0 spiro atoms. The lowest BCUT2D eigenvalue weighted by atomic mass is 9.97. The third-order valence-electron chi connectivity index (χ3n) is 5.71. The minimum absolute atomic E-state index is 0.127. The zero-order chi connectivity index (χ0) is 23.4. The molecule has 0 aliphatic carbocycles. The van der Waals surface area contributed by atoms with Gasteiger partial charge < -0.3 is 14.6 Å². The second-order valence-electron chi connectivity index (χ2n) is 7.95. The number of rotatable bonds is 7. The minimum atomic E-state index is -3.60. The Bertz CT molecular complexity index is 1200. The molecular formula is C23H26N4O5S. The van der Waals surface area contributed by atoms with Crippen LogP contribution in [-0.4, -0.2) is 49.0 Å². The Hall–Kier alpha value is -3.24. The van der Waals surface area contributed by atoms with Crippen molar-refractivity contribution in [3.8, 4) is 17.1 Å². The number of amides is 1. The van der Waals surface area contributed by atoms with E-state index in [2.05, 4.69) is 15.5 Å². The first-order chi connectivity index (χ1) is 15.9. The van der Waals surface area contributed by atoms with Crippen LogP contribution in [-0.2, 0) is 21.4 Å². The van der Waals surface area contributed by atoms with Gasteiger partial charge >= 0.3 is 0 Å². The van der Waals surface area contributed by atoms with Gasteiger partial charge in [0.05, 0.1) is 18.6 Å². The standard InChI is InChI=1S/C23H26N4O5S/c1-16-3-5-17(6-4-16)22-25-21(32-26-22)15-24-23(28)18-11-13-27(14-12-18)33(29,30)20-9-7-19(31-2)8-10-20/h3-10,18H,11-15H2,1-2H3,(H,24,28). The zero-order valence-electron chi connectivity index (χ0n) is 18.5. The van der Waals surface area contributed by atoms with Gasteiger partial charge in [-0.05, 0) is 44.0 Å². The van der Waals surface area contributed by atoms with Gasteiger partial charge in [0.15, 0.2) is 0 Å². The van der Waals surface area contributed by atoms with Crippen LogP contribution in [0.4, 0.5) is 0 Å². The molecule has 1 fully saturated rings. The Labute approximate surface area is 192 Å². The van der Waals surface area contributed by atoms with Gasteiger partial charge in [-0.1, -0.05) is 35.0 Å². The first-order valence-electron chi connectivity index (χ1n) is 10.7. The predicted octanol–water partition coefficient (Wildman–Crippen LogP) is 2.77. The molecule has 0 saturated carbocycles. The van der Waals surface area contributed by atoms with Crippen LogP contribution in [0.25, 0.3) is 11.4 Å². The maximum absolute atomic E-state index is 12.9. The molecule has 2 heterocycles. The highest BCUT2D eigenvalue weighted by Crippen LogP contribution is 2.25. The van der Waals surface area contributed by atoms with Gasteiger partial charge in [0.1, 0.15) is 5.75 Å². The van der Waals surface area contributed by atoms with Crippen LogP contribution in [0.3, 0.4) is 0 Å². The van der Waals surface area contributed by atoms with Crippen molar-refractivity contribution in [2.75, 3.05) is 20.2 Å². The number of hydrogen-bond acceptors (Lipinski definition) is 7. The molecule has 10 heteroatoms. The summed E-state index contributed by atoms with van der Waals surface area (Å²) in [5, 5.41) is 6.79. The van der Waals surface area contributed by atoms with Crippen molar-refractivity contribution in [1.82, 2.24) is 19.8 Å². The number of benzene rings is 2. The summed E-state index contributed by atoms with van der Waals surface area (Å²) in [5.74, 6) is 0.963. The smallest absolute Gasteiger partial charge is 0.246 e. The number of carbonyl (C=O) groups is 1. The number of aromatic nitrogens is 2. The van der Waals surface area contributed by atoms with Gasteiger partial charge in [0, 0.05) is 24.6 Å². The quantitative estimate of drug-likeness (QED) is 0.565. The zero-order valence-corrected chi connectivity index (χ0v) is 19.3. The molecular weight excluding hydrogens is 444 g/mol. The van der Waals surface area contributed by atoms with Crippen LogP contribution in [0.1, 0.15) is 24.3 Å². The second kappa shape index (κ2) is 9.72. The maximum atomic E-state index is 12.9. The molecule has 1 aromatic heterocycles. The molecule has 0 unspecified atom stereocenters. The molecule has 9 nitrogen and oxygen atoms in total. The molecule has 1 saturated heterocycles. The normalized spacial score (nSPS) is 15.3. The van der Waals surface area contributed by atoms with Crippen LogP contribution < -0.4 is 10.1 Å². The van der Waals surface area contributed by atoms with E-state index in [4.69, 9.17) is 9.26 Å². The van der Waals surface area contributed by atoms with Crippen LogP contribution in [0.2, 0.25) is 0 Å². The van der Waals surface area contributed by atoms with E-state index < -0.39 is 10.0 Å². The molecule has 1 amide bonds. The Balaban J connectivity index is 1.29. The van der Waals surface area contributed by atoms with Gasteiger partial charge in [0.2, 0.25) is 27.6 Å². The number of nitrogens with zero attached hydrogens (tertiary/aromatic N) is 3. The van der Waals surface area contributed by atoms with Crippen molar-refractivity contribution < 1.29 is 22.5 Å². The van der Waals surface area contributed by atoms with Gasteiger partial charge in [-0.25, -0.2) is 8.42 Å². The van der Waals surface area contributed by atoms with Crippen molar-refractivity contribution in [1.29, 1.82) is 0 Å². The van der Waals surface area contributed by atoms with Gasteiger partial charge in [0.25, 0.3) is 0 Å². The summed E-state index contributed by atoms with van der Waals surface area (Å²) in [6.45, 7) is 2.69. The summed E-state index contributed by atoms with van der Waals surface area (Å²) < 4.78 is 37.5. The average Bonchev–Trinajstić information content (AvgIpc) is 3.32. The lowest BCUT2D eigenvalue weighted by Crippen LogP contribution is -2.42. The number of ether oxygens (including phenoxy) is 1. The third-order valence-corrected chi connectivity index (χ3v) is 7.63. The van der Waals surface area contributed by atoms with Crippen LogP contribution >= 0.6 is 0 Å². The largest absolute Gasteiger partial charge is 0.497 e. The molecule has 33 heavy (non-hydrogen) atoms. The summed E-state index contributed by atoms with van der Waals surface area (Å²) in [6.07, 6.45) is 0.888. The Morgan fingerprint density at radius 1 is 1.12 bits per heavy atom. The first-order valence-corrected chi connectivity index (χ1v) is 12.1. The van der Waals surface area contributed by atoms with E-state index in [1.807, 2.05) is 31.2 Å². The topological polar surface area (TPSA) is 115 Å². The number of hydrogen-bond donors (Lipinski definition) is 1. The Kier molecular flexibility index (Phi) is 6.75. The summed E-state index contributed by atoms with van der Waals surface area (Å²) in [6, 6.07) is 14.1. The summed E-state index contributed by atoms with van der Waals surface area (Å²) >= 11 is 0. The fourth-order valence-electron chi connectivity index (χ4n) is 3.71. The van der Waals surface area contributed by atoms with Crippen LogP contribution in [0.15, 0.2) is 57.9 Å². The number of sulfonamides is 1. The van der Waals surface area contributed by atoms with Crippen molar-refractivity contribution in [2.45, 2.75) is 31.2 Å². The van der Waals surface area contributed by atoms with E-state index in [9.17, 15) is 13.2 Å². The monoisotopic (exact) mass is 470 g/mol. The molecule has 1 aliphatic rings. The fourth-order valence-corrected chi connectivity index (χ4v) is 5.18. The van der Waals surface area contributed by atoms with Gasteiger partial charge in [-0.2, -0.15) is 9.29 Å². The molecule has 0 bridgehead atoms. The summed E-state index contributed by atoms with van der Waals surface area (Å²) in [4.78, 5) is 17.1. The third kappa shape index (κ3) is 5.23. The van der Waals surface area contributed by atoms with Crippen molar-refractivity contribution >= 4 is 15.9 Å². The highest BCUT2D eigenvalue weighted by atomic mass is 32.2. The van der Waals surface area contributed by atoms with Crippen molar-refractivity contribution in [3.63, 3.8) is 0 Å². The molecule has 4 rings (SSSR count). The van der Waals surface area contributed by atoms with Crippen LogP contribution in [0.5, 0.6) is 5.75 Å². The average molecular weight is 471 g/mol. The Morgan fingerprint density at radius 2 is 1.79 bits per heavy atom. The fraction of sp³-hybridized carbons (Fsp3) is 0.348. The molecule has 1 aliphatic heterocycles. The lowest BCUT2D eigenvalue weighted by Gasteiger charge is -2.30. The Morgan fingerprint density at radius 3 is 2.42 bits per heavy atom. The van der Waals surface area contributed by atoms with Crippen molar-refractivity contribution in [3.05, 3.63) is 60.0 Å². The molecule has 0 radical (unpaired) electrons. The number of methoxy groups -OCH3 is 1. The maximum Gasteiger partial charge on any atom is 0.246 e. The van der Waals surface area contributed by atoms with E-state index in [1.54, 1.807) is 12.1 Å². The van der Waals surface area contributed by atoms with E-state index in [0.717, 1.165) is 11.1 Å². The number of piperidine rings is 1. The molecule has 2 aromatic carbocycles. The molecule has 0 atom stereocenters. The highest BCUT2D eigenvalue weighted by molar-refractivity contribution is 7.89. The summed E-state index contributed by atoms with van der Waals surface area (Å²) in [7, 11) is -2.08. The minimum Gasteiger partial charge on any atom is -0.497 e. The van der Waals surface area contributed by atoms with E-state index in [0.29, 0.717) is 30.3 Å².